The van der Waals surface area contributed by atoms with Crippen LogP contribution in [0.5, 0.6) is 11.5 Å². The number of benzene rings is 3. The van der Waals surface area contributed by atoms with Gasteiger partial charge in [-0.2, -0.15) is 9.78 Å². The van der Waals surface area contributed by atoms with Crippen LogP contribution in [0, 0.1) is 5.82 Å². The summed E-state index contributed by atoms with van der Waals surface area (Å²) in [7, 11) is 1.47. The van der Waals surface area contributed by atoms with Crippen LogP contribution in [0.25, 0.3) is 11.4 Å². The van der Waals surface area contributed by atoms with Gasteiger partial charge in [-0.1, -0.05) is 30.3 Å². The van der Waals surface area contributed by atoms with Gasteiger partial charge in [0, 0.05) is 5.56 Å². The van der Waals surface area contributed by atoms with Crippen molar-refractivity contribution < 1.29 is 18.7 Å². The lowest BCUT2D eigenvalue weighted by Gasteiger charge is -2.10. The standard InChI is InChI=1S/C23H17FN4O3/c1-30-21-13-16(7-12-20(21)31-23(29)18-8-10-19(24)11-9-18)14-26-28-15-25-27-22(28)17-5-3-2-4-6-17/h2-15H,1H3/b26-14-. The smallest absolute Gasteiger partial charge is 0.343 e. The first-order valence-corrected chi connectivity index (χ1v) is 9.29. The van der Waals surface area contributed by atoms with Crippen LogP contribution < -0.4 is 9.47 Å². The molecule has 0 amide bonds. The molecule has 0 spiro atoms. The number of halogens is 1. The van der Waals surface area contributed by atoms with E-state index in [0.29, 0.717) is 17.1 Å². The molecule has 4 aromatic rings. The van der Waals surface area contributed by atoms with Crippen molar-refractivity contribution in [2.75, 3.05) is 7.11 Å². The van der Waals surface area contributed by atoms with E-state index < -0.39 is 11.8 Å². The average Bonchev–Trinajstić information content (AvgIpc) is 3.28. The predicted octanol–water partition coefficient (Wildman–Crippen LogP) is 4.19. The van der Waals surface area contributed by atoms with E-state index in [4.69, 9.17) is 9.47 Å². The molecule has 0 aliphatic rings. The van der Waals surface area contributed by atoms with E-state index in [1.54, 1.807) is 29.1 Å². The summed E-state index contributed by atoms with van der Waals surface area (Å²) < 4.78 is 25.3. The third-order valence-electron chi connectivity index (χ3n) is 4.36. The number of hydrogen-bond acceptors (Lipinski definition) is 6. The lowest BCUT2D eigenvalue weighted by molar-refractivity contribution is 0.0729. The average molecular weight is 416 g/mol. The summed E-state index contributed by atoms with van der Waals surface area (Å²) in [5, 5.41) is 12.4. The van der Waals surface area contributed by atoms with Gasteiger partial charge < -0.3 is 9.47 Å². The van der Waals surface area contributed by atoms with Crippen molar-refractivity contribution in [3.8, 4) is 22.9 Å². The molecule has 0 radical (unpaired) electrons. The van der Waals surface area contributed by atoms with E-state index in [9.17, 15) is 9.18 Å². The van der Waals surface area contributed by atoms with Crippen LogP contribution >= 0.6 is 0 Å². The number of carbonyl (C=O) groups excluding carboxylic acids is 1. The number of carbonyl (C=O) groups is 1. The molecule has 8 heteroatoms. The molecule has 0 N–H and O–H groups in total. The lowest BCUT2D eigenvalue weighted by Crippen LogP contribution is -2.09. The van der Waals surface area contributed by atoms with E-state index in [0.717, 1.165) is 5.56 Å². The Labute approximate surface area is 177 Å². The molecule has 0 fully saturated rings. The number of nitrogens with zero attached hydrogens (tertiary/aromatic N) is 4. The van der Waals surface area contributed by atoms with Crippen LogP contribution in [0.2, 0.25) is 0 Å². The van der Waals surface area contributed by atoms with Gasteiger partial charge >= 0.3 is 5.97 Å². The molecular weight excluding hydrogens is 399 g/mol. The van der Waals surface area contributed by atoms with Crippen LogP contribution in [0.3, 0.4) is 0 Å². The summed E-state index contributed by atoms with van der Waals surface area (Å²) in [6.07, 6.45) is 3.12. The van der Waals surface area contributed by atoms with Crippen molar-refractivity contribution in [1.82, 2.24) is 14.9 Å². The Kier molecular flexibility index (Phi) is 5.79. The van der Waals surface area contributed by atoms with Gasteiger partial charge in [-0.05, 0) is 48.0 Å². The third kappa shape index (κ3) is 4.64. The van der Waals surface area contributed by atoms with Crippen molar-refractivity contribution in [3.63, 3.8) is 0 Å². The highest BCUT2D eigenvalue weighted by Gasteiger charge is 2.13. The summed E-state index contributed by atoms with van der Waals surface area (Å²) in [4.78, 5) is 12.3. The van der Waals surface area contributed by atoms with Crippen molar-refractivity contribution in [2.24, 2.45) is 5.10 Å². The Balaban J connectivity index is 1.53. The Morgan fingerprint density at radius 2 is 1.81 bits per heavy atom. The molecule has 0 atom stereocenters. The molecule has 0 aliphatic carbocycles. The van der Waals surface area contributed by atoms with Crippen molar-refractivity contribution in [3.05, 3.63) is 96.1 Å². The Hall–Kier alpha value is -4.33. The van der Waals surface area contributed by atoms with Crippen LogP contribution in [0.15, 0.2) is 84.2 Å². The maximum absolute atomic E-state index is 13.0. The fourth-order valence-corrected chi connectivity index (χ4v) is 2.81. The summed E-state index contributed by atoms with van der Waals surface area (Å²) >= 11 is 0. The first kappa shape index (κ1) is 20.0. The van der Waals surface area contributed by atoms with Crippen LogP contribution in [-0.2, 0) is 0 Å². The number of esters is 1. The number of aromatic nitrogens is 3. The van der Waals surface area contributed by atoms with Gasteiger partial charge in [0.1, 0.15) is 12.1 Å². The first-order valence-electron chi connectivity index (χ1n) is 9.29. The quantitative estimate of drug-likeness (QED) is 0.268. The van der Waals surface area contributed by atoms with E-state index in [2.05, 4.69) is 15.3 Å². The first-order chi connectivity index (χ1) is 15.1. The van der Waals surface area contributed by atoms with E-state index in [1.807, 2.05) is 30.3 Å². The van der Waals surface area contributed by atoms with Gasteiger partial charge in [0.15, 0.2) is 17.3 Å². The zero-order valence-corrected chi connectivity index (χ0v) is 16.5. The molecule has 0 unspecified atom stereocenters. The monoisotopic (exact) mass is 416 g/mol. The second-order valence-corrected chi connectivity index (χ2v) is 6.42. The van der Waals surface area contributed by atoms with Crippen LogP contribution in [0.4, 0.5) is 4.39 Å². The van der Waals surface area contributed by atoms with Gasteiger partial charge in [0.05, 0.1) is 18.9 Å². The number of hydrogen-bond donors (Lipinski definition) is 0. The van der Waals surface area contributed by atoms with E-state index >= 15 is 0 Å². The van der Waals surface area contributed by atoms with Gasteiger partial charge in [-0.3, -0.25) is 0 Å². The molecule has 0 saturated carbocycles. The van der Waals surface area contributed by atoms with Crippen molar-refractivity contribution in [1.29, 1.82) is 0 Å². The van der Waals surface area contributed by atoms with Gasteiger partial charge in [0.2, 0.25) is 0 Å². The SMILES string of the molecule is COc1cc(/C=N\n2cnnc2-c2ccccc2)ccc1OC(=O)c1ccc(F)cc1. The number of rotatable bonds is 6. The molecule has 7 nitrogen and oxygen atoms in total. The summed E-state index contributed by atoms with van der Waals surface area (Å²) in [6, 6.07) is 19.7. The maximum Gasteiger partial charge on any atom is 0.343 e. The van der Waals surface area contributed by atoms with E-state index in [1.165, 1.54) is 37.7 Å². The fraction of sp³-hybridized carbons (Fsp3) is 0.0435. The minimum absolute atomic E-state index is 0.232. The minimum atomic E-state index is -0.614. The molecule has 154 valence electrons. The zero-order valence-electron chi connectivity index (χ0n) is 16.5. The van der Waals surface area contributed by atoms with Crippen LogP contribution in [-0.4, -0.2) is 34.2 Å². The minimum Gasteiger partial charge on any atom is -0.493 e. The van der Waals surface area contributed by atoms with Gasteiger partial charge in [-0.25, -0.2) is 9.18 Å². The molecule has 31 heavy (non-hydrogen) atoms. The predicted molar refractivity (Wildman–Crippen MR) is 113 cm³/mol. The number of ether oxygens (including phenoxy) is 2. The summed E-state index contributed by atoms with van der Waals surface area (Å²) in [5.41, 5.74) is 1.83. The molecular formula is C23H17FN4O3. The van der Waals surface area contributed by atoms with Gasteiger partial charge in [-0.15, -0.1) is 10.2 Å². The Bertz CT molecular complexity index is 1220. The molecule has 0 bridgehead atoms. The zero-order chi connectivity index (χ0) is 21.6. The molecule has 0 saturated heterocycles. The second kappa shape index (κ2) is 9.00. The highest BCUT2D eigenvalue weighted by atomic mass is 19.1. The van der Waals surface area contributed by atoms with Crippen LogP contribution in [0.1, 0.15) is 15.9 Å². The second-order valence-electron chi connectivity index (χ2n) is 6.42. The normalized spacial score (nSPS) is 10.9. The molecule has 4 rings (SSSR count). The Morgan fingerprint density at radius 1 is 1.03 bits per heavy atom. The molecule has 3 aromatic carbocycles. The lowest BCUT2D eigenvalue weighted by atomic mass is 10.2. The van der Waals surface area contributed by atoms with Gasteiger partial charge in [0.25, 0.3) is 0 Å². The fourth-order valence-electron chi connectivity index (χ4n) is 2.81. The summed E-state index contributed by atoms with van der Waals surface area (Å²) in [5.74, 6) is 0.154. The van der Waals surface area contributed by atoms with E-state index in [-0.39, 0.29) is 11.3 Å². The number of methoxy groups -OCH3 is 1. The largest absolute Gasteiger partial charge is 0.493 e. The maximum atomic E-state index is 13.0. The molecule has 0 aliphatic heterocycles. The molecule has 1 aromatic heterocycles. The van der Waals surface area contributed by atoms with Crippen molar-refractivity contribution in [2.45, 2.75) is 0 Å². The Morgan fingerprint density at radius 3 is 2.55 bits per heavy atom. The van der Waals surface area contributed by atoms with Crippen molar-refractivity contribution >= 4 is 12.2 Å². The third-order valence-corrected chi connectivity index (χ3v) is 4.36. The summed E-state index contributed by atoms with van der Waals surface area (Å²) in [6.45, 7) is 0. The molecule has 1 heterocycles. The highest BCUT2D eigenvalue weighted by Crippen LogP contribution is 2.28. The topological polar surface area (TPSA) is 78.6 Å². The highest BCUT2D eigenvalue weighted by molar-refractivity contribution is 5.91.